The molecule has 1 aliphatic rings. The smallest absolute Gasteiger partial charge is 0.152 e. The summed E-state index contributed by atoms with van der Waals surface area (Å²) in [5, 5.41) is 0. The van der Waals surface area contributed by atoms with Crippen LogP contribution in [0.5, 0.6) is 0 Å². The molecule has 1 fully saturated rings. The van der Waals surface area contributed by atoms with E-state index < -0.39 is 9.84 Å². The number of nitrogens with two attached hydrogens (primary N) is 1. The van der Waals surface area contributed by atoms with Gasteiger partial charge >= 0.3 is 0 Å². The highest BCUT2D eigenvalue weighted by Crippen LogP contribution is 2.28. The lowest BCUT2D eigenvalue weighted by Crippen LogP contribution is -2.58. The van der Waals surface area contributed by atoms with E-state index in [1.165, 1.54) is 0 Å². The van der Waals surface area contributed by atoms with E-state index in [2.05, 4.69) is 32.6 Å². The van der Waals surface area contributed by atoms with Crippen molar-refractivity contribution in [2.75, 3.05) is 24.6 Å². The second kappa shape index (κ2) is 5.24. The van der Waals surface area contributed by atoms with Gasteiger partial charge in [-0.25, -0.2) is 8.42 Å². The van der Waals surface area contributed by atoms with Gasteiger partial charge < -0.3 is 5.73 Å². The van der Waals surface area contributed by atoms with Crippen molar-refractivity contribution in [1.29, 1.82) is 0 Å². The van der Waals surface area contributed by atoms with Gasteiger partial charge in [-0.2, -0.15) is 0 Å². The van der Waals surface area contributed by atoms with Crippen LogP contribution in [0.25, 0.3) is 0 Å². The van der Waals surface area contributed by atoms with Crippen LogP contribution >= 0.6 is 0 Å². The first-order chi connectivity index (χ1) is 7.67. The fraction of sp³-hybridized carbons (Fsp3) is 1.00. The first-order valence-corrected chi connectivity index (χ1v) is 8.19. The van der Waals surface area contributed by atoms with E-state index in [0.717, 1.165) is 6.42 Å². The quantitative estimate of drug-likeness (QED) is 0.820. The van der Waals surface area contributed by atoms with Gasteiger partial charge in [-0.3, -0.25) is 4.90 Å². The van der Waals surface area contributed by atoms with Crippen molar-refractivity contribution < 1.29 is 8.42 Å². The third-order valence-electron chi connectivity index (χ3n) is 3.54. The van der Waals surface area contributed by atoms with E-state index in [1.807, 2.05) is 0 Å². The fourth-order valence-electron chi connectivity index (χ4n) is 2.69. The second-order valence-electron chi connectivity index (χ2n) is 6.07. The molecule has 0 aromatic heterocycles. The molecule has 0 amide bonds. The lowest BCUT2D eigenvalue weighted by atomic mass is 9.80. The SMILES string of the molecule is CCC(N)C(N1CCS(=O)(=O)CC1)C(C)(C)C. The fourth-order valence-corrected chi connectivity index (χ4v) is 3.92. The number of sulfone groups is 1. The van der Waals surface area contributed by atoms with Crippen molar-refractivity contribution >= 4 is 9.84 Å². The Morgan fingerprint density at radius 2 is 1.71 bits per heavy atom. The summed E-state index contributed by atoms with van der Waals surface area (Å²) < 4.78 is 22.9. The molecule has 2 atom stereocenters. The van der Waals surface area contributed by atoms with Gasteiger partial charge in [0.05, 0.1) is 11.5 Å². The first-order valence-electron chi connectivity index (χ1n) is 6.37. The van der Waals surface area contributed by atoms with Crippen molar-refractivity contribution in [2.45, 2.75) is 46.2 Å². The van der Waals surface area contributed by atoms with Crippen molar-refractivity contribution in [3.05, 3.63) is 0 Å². The Balaban J connectivity index is 2.80. The lowest BCUT2D eigenvalue weighted by molar-refractivity contribution is 0.0838. The van der Waals surface area contributed by atoms with Crippen LogP contribution in [0.2, 0.25) is 0 Å². The second-order valence-corrected chi connectivity index (χ2v) is 8.37. The van der Waals surface area contributed by atoms with E-state index >= 15 is 0 Å². The van der Waals surface area contributed by atoms with Gasteiger partial charge in [0.15, 0.2) is 9.84 Å². The Morgan fingerprint density at radius 1 is 1.24 bits per heavy atom. The van der Waals surface area contributed by atoms with Gasteiger partial charge in [0.2, 0.25) is 0 Å². The molecule has 5 heteroatoms. The summed E-state index contributed by atoms with van der Waals surface area (Å²) in [4.78, 5) is 2.26. The maximum Gasteiger partial charge on any atom is 0.152 e. The first kappa shape index (κ1) is 14.9. The summed E-state index contributed by atoms with van der Waals surface area (Å²) in [5.41, 5.74) is 6.29. The molecule has 1 rings (SSSR count). The Labute approximate surface area is 105 Å². The summed E-state index contributed by atoms with van der Waals surface area (Å²) in [7, 11) is -2.81. The highest BCUT2D eigenvalue weighted by molar-refractivity contribution is 7.91. The summed E-state index contributed by atoms with van der Waals surface area (Å²) in [6.07, 6.45) is 0.922. The zero-order valence-corrected chi connectivity index (χ0v) is 12.3. The normalized spacial score (nSPS) is 25.5. The highest BCUT2D eigenvalue weighted by atomic mass is 32.2. The summed E-state index contributed by atoms with van der Waals surface area (Å²) >= 11 is 0. The molecule has 1 heterocycles. The van der Waals surface area contributed by atoms with Crippen LogP contribution in [-0.2, 0) is 9.84 Å². The molecule has 0 bridgehead atoms. The third-order valence-corrected chi connectivity index (χ3v) is 5.15. The standard InChI is InChI=1S/C12H26N2O2S/c1-5-10(13)11(12(2,3)4)14-6-8-17(15,16)9-7-14/h10-11H,5-9,13H2,1-4H3. The van der Waals surface area contributed by atoms with Gasteiger partial charge in [0.1, 0.15) is 0 Å². The van der Waals surface area contributed by atoms with Crippen LogP contribution in [0.3, 0.4) is 0 Å². The molecule has 2 N–H and O–H groups in total. The van der Waals surface area contributed by atoms with Crippen LogP contribution in [0, 0.1) is 5.41 Å². The Hall–Kier alpha value is -0.130. The van der Waals surface area contributed by atoms with Crippen molar-refractivity contribution in [3.63, 3.8) is 0 Å². The van der Waals surface area contributed by atoms with Gasteiger partial charge in [-0.05, 0) is 11.8 Å². The Morgan fingerprint density at radius 3 is 2.06 bits per heavy atom. The predicted molar refractivity (Wildman–Crippen MR) is 71.7 cm³/mol. The molecule has 0 spiro atoms. The topological polar surface area (TPSA) is 63.4 Å². The van der Waals surface area contributed by atoms with Crippen molar-refractivity contribution in [3.8, 4) is 0 Å². The molecule has 0 aliphatic carbocycles. The van der Waals surface area contributed by atoms with Crippen LogP contribution in [-0.4, -0.2) is 50.0 Å². The summed E-state index contributed by atoms with van der Waals surface area (Å²) in [5.74, 6) is 0.548. The van der Waals surface area contributed by atoms with E-state index in [1.54, 1.807) is 0 Å². The molecule has 0 aromatic rings. The molecule has 0 aromatic carbocycles. The molecule has 2 unspecified atom stereocenters. The van der Waals surface area contributed by atoms with E-state index in [0.29, 0.717) is 13.1 Å². The molecular weight excluding hydrogens is 236 g/mol. The van der Waals surface area contributed by atoms with Crippen LogP contribution in [0.15, 0.2) is 0 Å². The molecular formula is C12H26N2O2S. The third kappa shape index (κ3) is 3.93. The lowest BCUT2D eigenvalue weighted by Gasteiger charge is -2.44. The molecule has 1 saturated heterocycles. The number of rotatable bonds is 3. The van der Waals surface area contributed by atoms with E-state index in [9.17, 15) is 8.42 Å². The monoisotopic (exact) mass is 262 g/mol. The molecule has 0 radical (unpaired) electrons. The van der Waals surface area contributed by atoms with Gasteiger partial charge in [0, 0.05) is 25.2 Å². The predicted octanol–water partition coefficient (Wildman–Crippen LogP) is 0.869. The maximum atomic E-state index is 11.4. The minimum absolute atomic E-state index is 0.0799. The molecule has 102 valence electrons. The van der Waals surface area contributed by atoms with E-state index in [-0.39, 0.29) is 29.0 Å². The zero-order valence-electron chi connectivity index (χ0n) is 11.4. The average Bonchev–Trinajstić information content (AvgIpc) is 2.18. The Kier molecular flexibility index (Phi) is 4.60. The minimum atomic E-state index is -2.81. The molecule has 4 nitrogen and oxygen atoms in total. The number of hydrogen-bond donors (Lipinski definition) is 1. The minimum Gasteiger partial charge on any atom is -0.326 e. The zero-order chi connectivity index (χ0) is 13.3. The summed E-state index contributed by atoms with van der Waals surface area (Å²) in [6, 6.07) is 0.360. The van der Waals surface area contributed by atoms with Crippen molar-refractivity contribution in [2.24, 2.45) is 11.1 Å². The largest absolute Gasteiger partial charge is 0.326 e. The number of nitrogens with zero attached hydrogens (tertiary/aromatic N) is 1. The Bertz CT molecular complexity index is 332. The summed E-state index contributed by atoms with van der Waals surface area (Å²) in [6.45, 7) is 9.86. The molecule has 0 saturated carbocycles. The van der Waals surface area contributed by atoms with Crippen LogP contribution in [0.4, 0.5) is 0 Å². The van der Waals surface area contributed by atoms with Gasteiger partial charge in [0.25, 0.3) is 0 Å². The maximum absolute atomic E-state index is 11.4. The van der Waals surface area contributed by atoms with Crippen LogP contribution < -0.4 is 5.73 Å². The molecule has 17 heavy (non-hydrogen) atoms. The highest BCUT2D eigenvalue weighted by Gasteiger charge is 2.36. The van der Waals surface area contributed by atoms with Crippen LogP contribution in [0.1, 0.15) is 34.1 Å². The average molecular weight is 262 g/mol. The molecule has 1 aliphatic heterocycles. The van der Waals surface area contributed by atoms with Crippen molar-refractivity contribution in [1.82, 2.24) is 4.90 Å². The van der Waals surface area contributed by atoms with Gasteiger partial charge in [-0.15, -0.1) is 0 Å². The van der Waals surface area contributed by atoms with Gasteiger partial charge in [-0.1, -0.05) is 27.7 Å². The number of hydrogen-bond acceptors (Lipinski definition) is 4. The van der Waals surface area contributed by atoms with E-state index in [4.69, 9.17) is 5.73 Å².